The normalized spacial score (nSPS) is 11.9. The first kappa shape index (κ1) is 25.0. The molecule has 0 aliphatic carbocycles. The molecule has 2 N–H and O–H groups in total. The van der Waals surface area contributed by atoms with Gasteiger partial charge in [-0.15, -0.1) is 0 Å². The number of rotatable bonds is 7. The van der Waals surface area contributed by atoms with Gasteiger partial charge < -0.3 is 20.1 Å². The van der Waals surface area contributed by atoms with Gasteiger partial charge in [-0.25, -0.2) is 4.79 Å². The van der Waals surface area contributed by atoms with Crippen LogP contribution < -0.4 is 10.6 Å². The second-order valence-electron chi connectivity index (χ2n) is 6.87. The molecule has 2 rings (SSSR count). The molecule has 0 saturated carbocycles. The van der Waals surface area contributed by atoms with E-state index in [2.05, 4.69) is 10.5 Å². The first-order chi connectivity index (χ1) is 14.8. The molecular weight excluding hydrogens is 446 g/mol. The van der Waals surface area contributed by atoms with Crippen molar-refractivity contribution in [3.8, 4) is 0 Å². The fourth-order valence-electron chi connectivity index (χ4n) is 2.61. The number of benzene rings is 1. The van der Waals surface area contributed by atoms with Crippen molar-refractivity contribution in [2.45, 2.75) is 39.0 Å². The van der Waals surface area contributed by atoms with Gasteiger partial charge in [0.25, 0.3) is 0 Å². The third kappa shape index (κ3) is 7.17. The lowest BCUT2D eigenvalue weighted by molar-refractivity contribution is -0.143. The van der Waals surface area contributed by atoms with E-state index in [-0.39, 0.29) is 18.4 Å². The first-order valence-corrected chi connectivity index (χ1v) is 9.38. The molecule has 0 aliphatic rings. The largest absolute Gasteiger partial charge is 0.416 e. The maximum absolute atomic E-state index is 13.0. The number of hydrogen-bond donors (Lipinski definition) is 2. The molecule has 32 heavy (non-hydrogen) atoms. The van der Waals surface area contributed by atoms with Crippen LogP contribution in [0.4, 0.5) is 42.6 Å². The average Bonchev–Trinajstić information content (AvgIpc) is 3.07. The molecule has 3 amide bonds. The van der Waals surface area contributed by atoms with Crippen molar-refractivity contribution < 1.29 is 40.5 Å². The molecule has 0 atom stereocenters. The molecule has 1 heterocycles. The lowest BCUT2D eigenvalue weighted by Crippen LogP contribution is -2.41. The summed E-state index contributed by atoms with van der Waals surface area (Å²) in [5.41, 5.74) is -3.84. The zero-order valence-corrected chi connectivity index (χ0v) is 17.0. The summed E-state index contributed by atoms with van der Waals surface area (Å²) in [4.78, 5) is 25.8. The molecule has 176 valence electrons. The number of nitrogens with zero attached hydrogens (tertiary/aromatic N) is 2. The summed E-state index contributed by atoms with van der Waals surface area (Å²) in [6, 6.07) is 1.14. The van der Waals surface area contributed by atoms with E-state index in [0.29, 0.717) is 30.7 Å². The summed E-state index contributed by atoms with van der Waals surface area (Å²) in [5, 5.41) is 7.97. The van der Waals surface area contributed by atoms with Crippen LogP contribution in [0, 0.1) is 6.92 Å². The highest BCUT2D eigenvalue weighted by molar-refractivity contribution is 5.96. The summed E-state index contributed by atoms with van der Waals surface area (Å²) in [5.74, 6) is -0.161. The van der Waals surface area contributed by atoms with Crippen LogP contribution in [0.2, 0.25) is 0 Å². The monoisotopic (exact) mass is 466 g/mol. The van der Waals surface area contributed by atoms with Gasteiger partial charge in [0, 0.05) is 18.3 Å². The Labute approximate surface area is 178 Å². The Kier molecular flexibility index (Phi) is 7.75. The number of alkyl halides is 6. The Morgan fingerprint density at radius 3 is 2.06 bits per heavy atom. The predicted molar refractivity (Wildman–Crippen MR) is 102 cm³/mol. The smallest absolute Gasteiger partial charge is 0.360 e. The number of halogens is 6. The summed E-state index contributed by atoms with van der Waals surface area (Å²) < 4.78 is 82.9. The van der Waals surface area contributed by atoms with Crippen molar-refractivity contribution >= 4 is 23.4 Å². The van der Waals surface area contributed by atoms with Crippen molar-refractivity contribution in [3.05, 3.63) is 41.2 Å². The van der Waals surface area contributed by atoms with Crippen LogP contribution in [-0.2, 0) is 17.1 Å². The van der Waals surface area contributed by atoms with Crippen LogP contribution in [0.1, 0.15) is 36.7 Å². The highest BCUT2D eigenvalue weighted by Gasteiger charge is 2.37. The second-order valence-corrected chi connectivity index (χ2v) is 6.87. The van der Waals surface area contributed by atoms with Crippen LogP contribution in [0.25, 0.3) is 0 Å². The molecule has 0 fully saturated rings. The fourth-order valence-corrected chi connectivity index (χ4v) is 2.61. The number of amides is 3. The summed E-state index contributed by atoms with van der Waals surface area (Å²) in [6.45, 7) is 2.92. The van der Waals surface area contributed by atoms with Gasteiger partial charge in [-0.05, 0) is 31.5 Å². The molecule has 1 aromatic heterocycles. The van der Waals surface area contributed by atoms with Crippen molar-refractivity contribution in [2.24, 2.45) is 0 Å². The maximum Gasteiger partial charge on any atom is 0.416 e. The molecule has 0 spiro atoms. The zero-order valence-electron chi connectivity index (χ0n) is 17.0. The van der Waals surface area contributed by atoms with E-state index in [1.54, 1.807) is 13.8 Å². The van der Waals surface area contributed by atoms with Crippen LogP contribution in [0.15, 0.2) is 28.8 Å². The third-order valence-corrected chi connectivity index (χ3v) is 4.14. The minimum Gasteiger partial charge on any atom is -0.360 e. The van der Waals surface area contributed by atoms with Crippen molar-refractivity contribution in [3.63, 3.8) is 0 Å². The van der Waals surface area contributed by atoms with Crippen molar-refractivity contribution in [1.82, 2.24) is 10.1 Å². The molecule has 0 aliphatic heterocycles. The van der Waals surface area contributed by atoms with E-state index in [1.165, 1.54) is 6.07 Å². The number of aromatic nitrogens is 1. The molecule has 1 aromatic carbocycles. The second kappa shape index (κ2) is 9.92. The quantitative estimate of drug-likeness (QED) is 0.543. The molecule has 0 unspecified atom stereocenters. The van der Waals surface area contributed by atoms with Gasteiger partial charge in [0.05, 0.1) is 11.1 Å². The van der Waals surface area contributed by atoms with Crippen LogP contribution in [-0.4, -0.2) is 35.1 Å². The maximum atomic E-state index is 13.0. The van der Waals surface area contributed by atoms with Crippen LogP contribution >= 0.6 is 0 Å². The summed E-state index contributed by atoms with van der Waals surface area (Å²) in [6.07, 6.45) is -9.05. The Balaban J connectivity index is 2.21. The van der Waals surface area contributed by atoms with E-state index < -0.39 is 47.6 Å². The zero-order chi connectivity index (χ0) is 24.1. The summed E-state index contributed by atoms with van der Waals surface area (Å²) >= 11 is 0. The topological polar surface area (TPSA) is 87.5 Å². The number of carbonyl (C=O) groups is 2. The SMILES string of the molecule is CCCCN(CC(=O)Nc1cc(C)on1)C(=O)Nc1cc(C(F)(F)F)cc(C(F)(F)F)c1. The molecule has 0 radical (unpaired) electrons. The molecule has 2 aromatic rings. The Hall–Kier alpha value is -3.25. The minimum atomic E-state index is -5.06. The lowest BCUT2D eigenvalue weighted by atomic mass is 10.1. The van der Waals surface area contributed by atoms with Crippen molar-refractivity contribution in [2.75, 3.05) is 23.7 Å². The Bertz CT molecular complexity index is 923. The lowest BCUT2D eigenvalue weighted by Gasteiger charge is -2.23. The van der Waals surface area contributed by atoms with E-state index in [0.717, 1.165) is 4.90 Å². The van der Waals surface area contributed by atoms with Gasteiger partial charge in [0.15, 0.2) is 5.82 Å². The highest BCUT2D eigenvalue weighted by atomic mass is 19.4. The Morgan fingerprint density at radius 1 is 1.00 bits per heavy atom. The third-order valence-electron chi connectivity index (χ3n) is 4.14. The standard InChI is InChI=1S/C19H20F6N4O3/c1-3-4-5-29(10-16(30)27-15-6-11(2)32-28-15)17(31)26-14-8-12(18(20,21)22)7-13(9-14)19(23,24)25/h6-9H,3-5,10H2,1-2H3,(H,26,31)(H,27,28,30). The molecule has 7 nitrogen and oxygen atoms in total. The van der Waals surface area contributed by atoms with E-state index in [9.17, 15) is 35.9 Å². The average molecular weight is 466 g/mol. The fraction of sp³-hybridized carbons (Fsp3) is 0.421. The van der Waals surface area contributed by atoms with Gasteiger partial charge in [0.2, 0.25) is 5.91 Å². The van der Waals surface area contributed by atoms with E-state index >= 15 is 0 Å². The van der Waals surface area contributed by atoms with Gasteiger partial charge in [-0.1, -0.05) is 18.5 Å². The molecule has 0 bridgehead atoms. The van der Waals surface area contributed by atoms with Gasteiger partial charge in [-0.2, -0.15) is 26.3 Å². The molecular formula is C19H20F6N4O3. The van der Waals surface area contributed by atoms with Gasteiger partial charge in [0.1, 0.15) is 12.3 Å². The summed E-state index contributed by atoms with van der Waals surface area (Å²) in [7, 11) is 0. The van der Waals surface area contributed by atoms with Gasteiger partial charge >= 0.3 is 18.4 Å². The van der Waals surface area contributed by atoms with E-state index in [4.69, 9.17) is 4.52 Å². The predicted octanol–water partition coefficient (Wildman–Crippen LogP) is 5.29. The number of unbranched alkanes of at least 4 members (excludes halogenated alkanes) is 1. The number of urea groups is 1. The number of hydrogen-bond acceptors (Lipinski definition) is 4. The Morgan fingerprint density at radius 2 is 1.59 bits per heavy atom. The van der Waals surface area contributed by atoms with Crippen LogP contribution in [0.5, 0.6) is 0 Å². The number of anilines is 2. The van der Waals surface area contributed by atoms with Crippen molar-refractivity contribution in [1.29, 1.82) is 0 Å². The first-order valence-electron chi connectivity index (χ1n) is 9.38. The highest BCUT2D eigenvalue weighted by Crippen LogP contribution is 2.37. The molecule has 13 heteroatoms. The minimum absolute atomic E-state index is 0.0404. The number of aryl methyl sites for hydroxylation is 1. The van der Waals surface area contributed by atoms with Crippen LogP contribution in [0.3, 0.4) is 0 Å². The van der Waals surface area contributed by atoms with Gasteiger partial charge in [-0.3, -0.25) is 4.79 Å². The number of carbonyl (C=O) groups excluding carboxylic acids is 2. The number of nitrogens with one attached hydrogen (secondary N) is 2. The van der Waals surface area contributed by atoms with E-state index in [1.807, 2.05) is 5.32 Å². The molecule has 0 saturated heterocycles.